The number of hydrogen-bond acceptors (Lipinski definition) is 5. The van der Waals surface area contributed by atoms with Gasteiger partial charge in [0, 0.05) is 6.04 Å². The lowest BCUT2D eigenvalue weighted by atomic mass is 10.2. The maximum atomic E-state index is 11.5. The lowest BCUT2D eigenvalue weighted by Gasteiger charge is -2.09. The van der Waals surface area contributed by atoms with E-state index in [1.54, 1.807) is 12.1 Å². The van der Waals surface area contributed by atoms with E-state index in [4.69, 9.17) is 9.47 Å². The number of nitrogens with one attached hydrogen (secondary N) is 2. The van der Waals surface area contributed by atoms with Gasteiger partial charge in [-0.25, -0.2) is 9.59 Å². The van der Waals surface area contributed by atoms with Crippen molar-refractivity contribution in [2.45, 2.75) is 25.8 Å². The van der Waals surface area contributed by atoms with Crippen LogP contribution in [0.2, 0.25) is 0 Å². The molecule has 7 heteroatoms. The highest BCUT2D eigenvalue weighted by atomic mass is 16.6. The Morgan fingerprint density at radius 3 is 2.59 bits per heavy atom. The molecule has 7 nitrogen and oxygen atoms in total. The SMILES string of the molecule is Cc1ccccc1OCC(=O)OCC(=O)NC(=O)NC1CC1. The van der Waals surface area contributed by atoms with E-state index in [0.29, 0.717) is 5.75 Å². The lowest BCUT2D eigenvalue weighted by Crippen LogP contribution is -2.42. The van der Waals surface area contributed by atoms with Gasteiger partial charge in [0.1, 0.15) is 5.75 Å². The predicted molar refractivity (Wildman–Crippen MR) is 77.3 cm³/mol. The molecular weight excluding hydrogens is 288 g/mol. The largest absolute Gasteiger partial charge is 0.482 e. The Morgan fingerprint density at radius 1 is 1.18 bits per heavy atom. The summed E-state index contributed by atoms with van der Waals surface area (Å²) in [5.41, 5.74) is 0.893. The molecule has 3 amide bonds. The van der Waals surface area contributed by atoms with E-state index in [1.165, 1.54) is 0 Å². The summed E-state index contributed by atoms with van der Waals surface area (Å²) in [6, 6.07) is 6.82. The summed E-state index contributed by atoms with van der Waals surface area (Å²) in [5, 5.41) is 4.67. The Labute approximate surface area is 128 Å². The predicted octanol–water partition coefficient (Wildman–Crippen LogP) is 0.905. The molecule has 0 unspecified atom stereocenters. The zero-order chi connectivity index (χ0) is 15.9. The Morgan fingerprint density at radius 2 is 1.91 bits per heavy atom. The first kappa shape index (κ1) is 15.8. The van der Waals surface area contributed by atoms with E-state index in [9.17, 15) is 14.4 Å². The van der Waals surface area contributed by atoms with Gasteiger partial charge in [-0.05, 0) is 31.4 Å². The first-order chi connectivity index (χ1) is 10.5. The summed E-state index contributed by atoms with van der Waals surface area (Å²) in [5.74, 6) is -0.781. The molecule has 0 saturated heterocycles. The Kier molecular flexibility index (Phi) is 5.35. The first-order valence-electron chi connectivity index (χ1n) is 6.99. The molecule has 2 rings (SSSR count). The minimum atomic E-state index is -0.680. The van der Waals surface area contributed by atoms with E-state index < -0.39 is 24.5 Å². The van der Waals surface area contributed by atoms with Crippen LogP contribution in [0.4, 0.5) is 4.79 Å². The number of benzene rings is 1. The number of imide groups is 1. The van der Waals surface area contributed by atoms with Gasteiger partial charge in [0.25, 0.3) is 5.91 Å². The van der Waals surface area contributed by atoms with Crippen molar-refractivity contribution in [1.82, 2.24) is 10.6 Å². The number of amides is 3. The van der Waals surface area contributed by atoms with Gasteiger partial charge in [0.15, 0.2) is 13.2 Å². The Balaban J connectivity index is 1.63. The van der Waals surface area contributed by atoms with Gasteiger partial charge in [0.2, 0.25) is 0 Å². The van der Waals surface area contributed by atoms with E-state index in [0.717, 1.165) is 18.4 Å². The fourth-order valence-corrected chi connectivity index (χ4v) is 1.65. The second-order valence-electron chi connectivity index (χ2n) is 5.01. The van der Waals surface area contributed by atoms with Gasteiger partial charge in [-0.2, -0.15) is 0 Å². The van der Waals surface area contributed by atoms with Crippen molar-refractivity contribution in [3.63, 3.8) is 0 Å². The van der Waals surface area contributed by atoms with Crippen LogP contribution >= 0.6 is 0 Å². The number of para-hydroxylation sites is 1. The van der Waals surface area contributed by atoms with E-state index in [2.05, 4.69) is 10.6 Å². The average molecular weight is 306 g/mol. The summed E-state index contributed by atoms with van der Waals surface area (Å²) in [6.45, 7) is 1.03. The number of urea groups is 1. The molecule has 0 bridgehead atoms. The molecule has 1 aromatic rings. The Bertz CT molecular complexity index is 569. The normalized spacial score (nSPS) is 13.1. The van der Waals surface area contributed by atoms with E-state index >= 15 is 0 Å². The summed E-state index contributed by atoms with van der Waals surface area (Å²) < 4.78 is 10.0. The van der Waals surface area contributed by atoms with E-state index in [1.807, 2.05) is 19.1 Å². The van der Waals surface area contributed by atoms with Crippen LogP contribution in [-0.4, -0.2) is 37.2 Å². The number of aryl methyl sites for hydroxylation is 1. The third-order valence-corrected chi connectivity index (χ3v) is 2.97. The molecule has 1 aliphatic rings. The van der Waals surface area contributed by atoms with Gasteiger partial charge in [-0.15, -0.1) is 0 Å². The van der Waals surface area contributed by atoms with Crippen molar-refractivity contribution in [3.8, 4) is 5.75 Å². The van der Waals surface area contributed by atoms with Crippen molar-refractivity contribution in [2.75, 3.05) is 13.2 Å². The molecule has 1 saturated carbocycles. The standard InChI is InChI=1S/C15H18N2O5/c1-10-4-2-3-5-12(10)21-9-14(19)22-8-13(18)17-15(20)16-11-6-7-11/h2-5,11H,6-9H2,1H3,(H2,16,17,18,20). The smallest absolute Gasteiger partial charge is 0.344 e. The number of hydrogen-bond donors (Lipinski definition) is 2. The highest BCUT2D eigenvalue weighted by molar-refractivity contribution is 5.95. The molecule has 1 aliphatic carbocycles. The lowest BCUT2D eigenvalue weighted by molar-refractivity contribution is -0.150. The molecule has 0 atom stereocenters. The number of esters is 1. The summed E-state index contributed by atoms with van der Waals surface area (Å²) in [6.07, 6.45) is 1.85. The molecule has 1 aromatic carbocycles. The van der Waals surface area contributed by atoms with Crippen molar-refractivity contribution >= 4 is 17.9 Å². The molecule has 0 spiro atoms. The number of rotatable bonds is 6. The highest BCUT2D eigenvalue weighted by Crippen LogP contribution is 2.18. The third kappa shape index (κ3) is 5.43. The summed E-state index contributed by atoms with van der Waals surface area (Å²) >= 11 is 0. The molecule has 22 heavy (non-hydrogen) atoms. The fraction of sp³-hybridized carbons (Fsp3) is 0.400. The molecule has 118 valence electrons. The maximum absolute atomic E-state index is 11.5. The van der Waals surface area contributed by atoms with Gasteiger partial charge in [-0.1, -0.05) is 18.2 Å². The van der Waals surface area contributed by atoms with Gasteiger partial charge >= 0.3 is 12.0 Å². The van der Waals surface area contributed by atoms with Crippen molar-refractivity contribution < 1.29 is 23.9 Å². The van der Waals surface area contributed by atoms with Crippen molar-refractivity contribution in [1.29, 1.82) is 0 Å². The van der Waals surface area contributed by atoms with Crippen molar-refractivity contribution in [3.05, 3.63) is 29.8 Å². The van der Waals surface area contributed by atoms with Crippen LogP contribution in [0.25, 0.3) is 0 Å². The fourth-order valence-electron chi connectivity index (χ4n) is 1.65. The summed E-state index contributed by atoms with van der Waals surface area (Å²) in [7, 11) is 0. The van der Waals surface area contributed by atoms with Gasteiger partial charge in [-0.3, -0.25) is 10.1 Å². The van der Waals surface area contributed by atoms with Gasteiger partial charge in [0.05, 0.1) is 0 Å². The average Bonchev–Trinajstić information content (AvgIpc) is 3.28. The number of carbonyl (C=O) groups excluding carboxylic acids is 3. The van der Waals surface area contributed by atoms with Crippen LogP contribution < -0.4 is 15.4 Å². The van der Waals surface area contributed by atoms with Crippen LogP contribution in [0.1, 0.15) is 18.4 Å². The topological polar surface area (TPSA) is 93.7 Å². The summed E-state index contributed by atoms with van der Waals surface area (Å²) in [4.78, 5) is 34.2. The quantitative estimate of drug-likeness (QED) is 0.762. The number of ether oxygens (including phenoxy) is 2. The third-order valence-electron chi connectivity index (χ3n) is 2.97. The van der Waals surface area contributed by atoms with Crippen LogP contribution in [0.5, 0.6) is 5.75 Å². The number of carbonyl (C=O) groups is 3. The van der Waals surface area contributed by atoms with E-state index in [-0.39, 0.29) is 12.6 Å². The minimum absolute atomic E-state index is 0.151. The van der Waals surface area contributed by atoms with Crippen LogP contribution in [0.15, 0.2) is 24.3 Å². The van der Waals surface area contributed by atoms with Gasteiger partial charge < -0.3 is 14.8 Å². The molecule has 1 fully saturated rings. The molecule has 0 aliphatic heterocycles. The second-order valence-corrected chi connectivity index (χ2v) is 5.01. The van der Waals surface area contributed by atoms with Crippen LogP contribution in [0.3, 0.4) is 0 Å². The molecule has 0 aromatic heterocycles. The Hall–Kier alpha value is -2.57. The monoisotopic (exact) mass is 306 g/mol. The minimum Gasteiger partial charge on any atom is -0.482 e. The molecular formula is C15H18N2O5. The molecule has 0 heterocycles. The molecule has 2 N–H and O–H groups in total. The zero-order valence-corrected chi connectivity index (χ0v) is 12.3. The maximum Gasteiger partial charge on any atom is 0.344 e. The zero-order valence-electron chi connectivity index (χ0n) is 12.3. The molecule has 0 radical (unpaired) electrons. The highest BCUT2D eigenvalue weighted by Gasteiger charge is 2.24. The van der Waals surface area contributed by atoms with Crippen LogP contribution in [-0.2, 0) is 14.3 Å². The second kappa shape index (κ2) is 7.44. The first-order valence-corrected chi connectivity index (χ1v) is 6.99. The van der Waals surface area contributed by atoms with Crippen LogP contribution in [0, 0.1) is 6.92 Å². The van der Waals surface area contributed by atoms with Crippen molar-refractivity contribution in [2.24, 2.45) is 0 Å².